The van der Waals surface area contributed by atoms with Crippen LogP contribution in [0.15, 0.2) is 34.2 Å². The highest BCUT2D eigenvalue weighted by Gasteiger charge is 2.15. The third kappa shape index (κ3) is 7.39. The number of hydrogen-bond acceptors (Lipinski definition) is 3. The van der Waals surface area contributed by atoms with E-state index in [0.717, 1.165) is 49.3 Å². The van der Waals surface area contributed by atoms with E-state index in [-0.39, 0.29) is 24.0 Å². The molecular weight excluding hydrogens is 433 g/mol. The van der Waals surface area contributed by atoms with Gasteiger partial charge in [-0.25, -0.2) is 0 Å². The molecule has 4 nitrogen and oxygen atoms in total. The first-order chi connectivity index (χ1) is 10.3. The van der Waals surface area contributed by atoms with Crippen LogP contribution >= 0.6 is 47.3 Å². The first-order valence-electron chi connectivity index (χ1n) is 7.22. The van der Waals surface area contributed by atoms with Crippen molar-refractivity contribution in [2.75, 3.05) is 32.5 Å². The Morgan fingerprint density at radius 2 is 2.14 bits per heavy atom. The number of halogens is 2. The van der Waals surface area contributed by atoms with Crippen LogP contribution in [0.4, 0.5) is 0 Å². The molecule has 2 N–H and O–H groups in total. The van der Waals surface area contributed by atoms with Gasteiger partial charge in [-0.15, -0.1) is 35.7 Å². The normalized spacial score (nSPS) is 17.9. The number of nitrogens with zero attached hydrogens (tertiary/aromatic N) is 1. The second kappa shape index (κ2) is 11.4. The van der Waals surface area contributed by atoms with Gasteiger partial charge in [0.05, 0.1) is 6.10 Å². The number of hydrogen-bond donors (Lipinski definition) is 2. The van der Waals surface area contributed by atoms with Gasteiger partial charge in [-0.2, -0.15) is 0 Å². The zero-order valence-electron chi connectivity index (χ0n) is 12.7. The maximum absolute atomic E-state index is 5.87. The Kier molecular flexibility index (Phi) is 10.3. The second-order valence-corrected chi connectivity index (χ2v) is 6.42. The molecule has 22 heavy (non-hydrogen) atoms. The van der Waals surface area contributed by atoms with Crippen LogP contribution in [-0.4, -0.2) is 44.6 Å². The van der Waals surface area contributed by atoms with Crippen LogP contribution in [0.25, 0.3) is 0 Å². The van der Waals surface area contributed by atoms with E-state index < -0.39 is 0 Å². The molecule has 0 aromatic heterocycles. The highest BCUT2D eigenvalue weighted by atomic mass is 127. The van der Waals surface area contributed by atoms with E-state index in [1.807, 2.05) is 24.3 Å². The summed E-state index contributed by atoms with van der Waals surface area (Å²) in [7, 11) is 1.79. The van der Waals surface area contributed by atoms with Gasteiger partial charge in [0.2, 0.25) is 0 Å². The molecule has 7 heteroatoms. The summed E-state index contributed by atoms with van der Waals surface area (Å²) in [5.41, 5.74) is 0. The highest BCUT2D eigenvalue weighted by molar-refractivity contribution is 14.0. The average molecular weight is 456 g/mol. The molecule has 1 saturated heterocycles. The predicted octanol–water partition coefficient (Wildman–Crippen LogP) is 3.39. The number of thioether (sulfide) groups is 1. The second-order valence-electron chi connectivity index (χ2n) is 4.82. The van der Waals surface area contributed by atoms with Gasteiger partial charge >= 0.3 is 0 Å². The standard InChI is InChI=1S/C15H22ClN3OS.HI/c1-17-15(19-11-13-3-2-9-20-13)18-8-10-21-14-6-4-12(16)5-7-14;/h4-7,13H,2-3,8-11H2,1H3,(H2,17,18,19);1H. The molecule has 0 radical (unpaired) electrons. The lowest BCUT2D eigenvalue weighted by molar-refractivity contribution is 0.114. The largest absolute Gasteiger partial charge is 0.376 e. The third-order valence-electron chi connectivity index (χ3n) is 3.22. The SMILES string of the molecule is CN=C(NCCSc1ccc(Cl)cc1)NCC1CCCO1.I. The maximum atomic E-state index is 5.87. The van der Waals surface area contributed by atoms with E-state index in [1.165, 1.54) is 4.90 Å². The van der Waals surface area contributed by atoms with E-state index in [0.29, 0.717) is 6.10 Å². The van der Waals surface area contributed by atoms with Crippen molar-refractivity contribution in [1.29, 1.82) is 0 Å². The minimum Gasteiger partial charge on any atom is -0.376 e. The summed E-state index contributed by atoms with van der Waals surface area (Å²) in [6, 6.07) is 7.91. The summed E-state index contributed by atoms with van der Waals surface area (Å²) in [4.78, 5) is 5.44. The molecule has 124 valence electrons. The molecule has 2 rings (SSSR count). The van der Waals surface area contributed by atoms with Crippen molar-refractivity contribution in [2.24, 2.45) is 4.99 Å². The number of benzene rings is 1. The van der Waals surface area contributed by atoms with Crippen molar-refractivity contribution < 1.29 is 4.74 Å². The van der Waals surface area contributed by atoms with E-state index >= 15 is 0 Å². The Bertz CT molecular complexity index is 453. The molecule has 1 aromatic carbocycles. The van der Waals surface area contributed by atoms with Crippen molar-refractivity contribution in [3.05, 3.63) is 29.3 Å². The summed E-state index contributed by atoms with van der Waals surface area (Å²) >= 11 is 7.66. The fourth-order valence-corrected chi connectivity index (χ4v) is 3.00. The van der Waals surface area contributed by atoms with Crippen molar-refractivity contribution >= 4 is 53.3 Å². The number of guanidine groups is 1. The number of aliphatic imine (C=N–C) groups is 1. The topological polar surface area (TPSA) is 45.7 Å². The smallest absolute Gasteiger partial charge is 0.191 e. The van der Waals surface area contributed by atoms with Gasteiger partial charge in [0.1, 0.15) is 0 Å². The summed E-state index contributed by atoms with van der Waals surface area (Å²) in [6.45, 7) is 2.57. The fraction of sp³-hybridized carbons (Fsp3) is 0.533. The number of nitrogens with one attached hydrogen (secondary N) is 2. The van der Waals surface area contributed by atoms with Crippen LogP contribution in [0, 0.1) is 0 Å². The van der Waals surface area contributed by atoms with Crippen LogP contribution in [0.3, 0.4) is 0 Å². The van der Waals surface area contributed by atoms with Gasteiger partial charge in [0.15, 0.2) is 5.96 Å². The van der Waals surface area contributed by atoms with Crippen molar-refractivity contribution in [3.8, 4) is 0 Å². The molecule has 1 aliphatic heterocycles. The van der Waals surface area contributed by atoms with Crippen molar-refractivity contribution in [3.63, 3.8) is 0 Å². The van der Waals surface area contributed by atoms with Gasteiger partial charge in [-0.3, -0.25) is 4.99 Å². The molecule has 0 amide bonds. The average Bonchev–Trinajstić information content (AvgIpc) is 3.02. The Hall–Kier alpha value is -0.180. The lowest BCUT2D eigenvalue weighted by Crippen LogP contribution is -2.41. The molecule has 0 spiro atoms. The molecule has 0 saturated carbocycles. The molecule has 1 fully saturated rings. The molecule has 1 aromatic rings. The fourth-order valence-electron chi connectivity index (χ4n) is 2.11. The zero-order chi connectivity index (χ0) is 14.9. The summed E-state index contributed by atoms with van der Waals surface area (Å²) in [6.07, 6.45) is 2.62. The first kappa shape index (κ1) is 19.9. The van der Waals surface area contributed by atoms with Gasteiger partial charge in [-0.1, -0.05) is 11.6 Å². The summed E-state index contributed by atoms with van der Waals surface area (Å²) < 4.78 is 5.58. The number of ether oxygens (including phenoxy) is 1. The lowest BCUT2D eigenvalue weighted by Gasteiger charge is -2.14. The molecule has 1 atom stereocenters. The Morgan fingerprint density at radius 3 is 2.77 bits per heavy atom. The lowest BCUT2D eigenvalue weighted by atomic mass is 10.2. The minimum absolute atomic E-state index is 0. The summed E-state index contributed by atoms with van der Waals surface area (Å²) in [5, 5.41) is 7.39. The number of rotatable bonds is 6. The Labute approximate surface area is 158 Å². The van der Waals surface area contributed by atoms with Crippen LogP contribution in [0.1, 0.15) is 12.8 Å². The first-order valence-corrected chi connectivity index (χ1v) is 8.59. The third-order valence-corrected chi connectivity index (χ3v) is 4.49. The van der Waals surface area contributed by atoms with E-state index in [2.05, 4.69) is 15.6 Å². The molecule has 1 unspecified atom stereocenters. The van der Waals surface area contributed by atoms with E-state index in [1.54, 1.807) is 18.8 Å². The predicted molar refractivity (Wildman–Crippen MR) is 106 cm³/mol. The minimum atomic E-state index is 0. The maximum Gasteiger partial charge on any atom is 0.191 e. The Balaban J connectivity index is 0.00000242. The molecule has 0 aliphatic carbocycles. The quantitative estimate of drug-likeness (QED) is 0.227. The molecule has 1 heterocycles. The molecular formula is C15H23ClIN3OS. The van der Waals surface area contributed by atoms with E-state index in [4.69, 9.17) is 16.3 Å². The Morgan fingerprint density at radius 1 is 1.36 bits per heavy atom. The zero-order valence-corrected chi connectivity index (χ0v) is 16.6. The van der Waals surface area contributed by atoms with Crippen LogP contribution < -0.4 is 10.6 Å². The molecule has 0 bridgehead atoms. The summed E-state index contributed by atoms with van der Waals surface area (Å²) in [5.74, 6) is 1.81. The van der Waals surface area contributed by atoms with Gasteiger partial charge < -0.3 is 15.4 Å². The van der Waals surface area contributed by atoms with Crippen LogP contribution in [0.5, 0.6) is 0 Å². The highest BCUT2D eigenvalue weighted by Crippen LogP contribution is 2.19. The monoisotopic (exact) mass is 455 g/mol. The van der Waals surface area contributed by atoms with Gasteiger partial charge in [-0.05, 0) is 37.1 Å². The van der Waals surface area contributed by atoms with Gasteiger partial charge in [0.25, 0.3) is 0 Å². The molecule has 1 aliphatic rings. The van der Waals surface area contributed by atoms with Crippen molar-refractivity contribution in [2.45, 2.75) is 23.8 Å². The van der Waals surface area contributed by atoms with Gasteiger partial charge in [0, 0.05) is 42.4 Å². The van der Waals surface area contributed by atoms with Crippen LogP contribution in [0.2, 0.25) is 5.02 Å². The van der Waals surface area contributed by atoms with E-state index in [9.17, 15) is 0 Å². The van der Waals surface area contributed by atoms with Crippen molar-refractivity contribution in [1.82, 2.24) is 10.6 Å². The van der Waals surface area contributed by atoms with Crippen LogP contribution in [-0.2, 0) is 4.74 Å².